The van der Waals surface area contributed by atoms with E-state index in [9.17, 15) is 14.4 Å². The van der Waals surface area contributed by atoms with Crippen LogP contribution < -0.4 is 10.6 Å². The largest absolute Gasteiger partial charge is 0.481 e. The molecule has 0 fully saturated rings. The van der Waals surface area contributed by atoms with Gasteiger partial charge in [0.1, 0.15) is 6.61 Å². The number of nitrogens with one attached hydrogen (secondary N) is 2. The molecule has 0 spiro atoms. The summed E-state index contributed by atoms with van der Waals surface area (Å²) in [5, 5.41) is 14.7. The number of carboxylic acid groups (broad SMARTS) is 1. The molecule has 7 heteroatoms. The van der Waals surface area contributed by atoms with Crippen molar-refractivity contribution in [1.29, 1.82) is 0 Å². The molecule has 0 aliphatic heterocycles. The first-order valence-corrected chi connectivity index (χ1v) is 11.3. The summed E-state index contributed by atoms with van der Waals surface area (Å²) >= 11 is 0. The lowest BCUT2D eigenvalue weighted by molar-refractivity contribution is -0.140. The number of ether oxygens (including phenoxy) is 1. The van der Waals surface area contributed by atoms with Gasteiger partial charge in [0.2, 0.25) is 5.91 Å². The van der Waals surface area contributed by atoms with Crippen LogP contribution in [0.5, 0.6) is 0 Å². The molecule has 7 nitrogen and oxygen atoms in total. The smallest absolute Gasteiger partial charge is 0.407 e. The molecule has 0 saturated heterocycles. The van der Waals surface area contributed by atoms with Gasteiger partial charge in [-0.15, -0.1) is 0 Å². The monoisotopic (exact) mass is 448 g/mol. The van der Waals surface area contributed by atoms with E-state index in [-0.39, 0.29) is 36.9 Å². The van der Waals surface area contributed by atoms with Gasteiger partial charge in [0.25, 0.3) is 0 Å². The van der Waals surface area contributed by atoms with E-state index in [0.29, 0.717) is 12.8 Å². The molecule has 4 rings (SSSR count). The van der Waals surface area contributed by atoms with Crippen molar-refractivity contribution in [3.8, 4) is 11.1 Å². The lowest BCUT2D eigenvalue weighted by atomic mass is 9.98. The Bertz CT molecular complexity index is 1030. The number of fused-ring (bicyclic) bond motifs is 3. The molecule has 0 saturated carbocycles. The van der Waals surface area contributed by atoms with Crippen LogP contribution >= 0.6 is 0 Å². The molecule has 2 aromatic rings. The van der Waals surface area contributed by atoms with Gasteiger partial charge in [0.15, 0.2) is 0 Å². The molecular formula is C26H28N2O5. The van der Waals surface area contributed by atoms with Gasteiger partial charge in [-0.05, 0) is 35.1 Å². The predicted octanol–water partition coefficient (Wildman–Crippen LogP) is 3.84. The summed E-state index contributed by atoms with van der Waals surface area (Å²) in [5.41, 5.74) is 4.61. The Hall–Kier alpha value is -3.61. The van der Waals surface area contributed by atoms with Crippen LogP contribution in [-0.2, 0) is 14.3 Å². The van der Waals surface area contributed by atoms with Gasteiger partial charge in [-0.25, -0.2) is 4.79 Å². The quantitative estimate of drug-likeness (QED) is 0.532. The van der Waals surface area contributed by atoms with Gasteiger partial charge >= 0.3 is 12.1 Å². The number of carboxylic acids is 1. The fourth-order valence-corrected chi connectivity index (χ4v) is 4.58. The van der Waals surface area contributed by atoms with E-state index < -0.39 is 18.0 Å². The Balaban J connectivity index is 1.29. The minimum atomic E-state index is -0.897. The van der Waals surface area contributed by atoms with Gasteiger partial charge in [-0.2, -0.15) is 0 Å². The van der Waals surface area contributed by atoms with Crippen molar-refractivity contribution in [2.45, 2.75) is 44.2 Å². The summed E-state index contributed by atoms with van der Waals surface area (Å²) in [6, 6.07) is 15.6. The molecule has 0 heterocycles. The molecule has 33 heavy (non-hydrogen) atoms. The molecular weight excluding hydrogens is 420 g/mol. The highest BCUT2D eigenvalue weighted by atomic mass is 16.5. The average Bonchev–Trinajstić information content (AvgIpc) is 3.40. The van der Waals surface area contributed by atoms with Crippen LogP contribution in [0.4, 0.5) is 4.79 Å². The standard InChI is InChI=1S/C26H28N2O5/c1-2-17(14-24(29)27-18-12-11-16(13-18)25(30)31)28-26(32)33-15-23-21-9-5-3-7-19(21)20-8-4-6-10-22(20)23/h3-12,16-18,23H,2,13-15H2,1H3,(H,27,29)(H,28,32)(H,30,31). The summed E-state index contributed by atoms with van der Waals surface area (Å²) in [6.45, 7) is 2.10. The van der Waals surface area contributed by atoms with Gasteiger partial charge in [0, 0.05) is 24.4 Å². The number of alkyl carbamates (subject to hydrolysis) is 1. The van der Waals surface area contributed by atoms with Crippen molar-refractivity contribution in [3.63, 3.8) is 0 Å². The number of hydrogen-bond donors (Lipinski definition) is 3. The zero-order valence-corrected chi connectivity index (χ0v) is 18.5. The Kier molecular flexibility index (Phi) is 6.77. The topological polar surface area (TPSA) is 105 Å². The van der Waals surface area contributed by atoms with Crippen molar-refractivity contribution in [3.05, 3.63) is 71.8 Å². The number of amides is 2. The highest BCUT2D eigenvalue weighted by molar-refractivity contribution is 5.80. The van der Waals surface area contributed by atoms with E-state index in [2.05, 4.69) is 34.9 Å². The molecule has 2 aliphatic rings. The van der Waals surface area contributed by atoms with Crippen LogP contribution in [-0.4, -0.2) is 41.8 Å². The maximum atomic E-state index is 12.5. The number of carbonyl (C=O) groups is 3. The SMILES string of the molecule is CCC(CC(=O)NC1C=CC(C(=O)O)C1)NC(=O)OCC1c2ccccc2-c2ccccc21. The van der Waals surface area contributed by atoms with Crippen molar-refractivity contribution < 1.29 is 24.2 Å². The molecule has 0 radical (unpaired) electrons. The van der Waals surface area contributed by atoms with Gasteiger partial charge in [-0.3, -0.25) is 9.59 Å². The number of hydrogen-bond acceptors (Lipinski definition) is 4. The number of aliphatic carboxylic acids is 1. The fraction of sp³-hybridized carbons (Fsp3) is 0.346. The number of benzene rings is 2. The Morgan fingerprint density at radius 2 is 1.67 bits per heavy atom. The fourth-order valence-electron chi connectivity index (χ4n) is 4.58. The molecule has 3 N–H and O–H groups in total. The minimum absolute atomic E-state index is 0.0251. The third-order valence-corrected chi connectivity index (χ3v) is 6.34. The molecule has 2 aromatic carbocycles. The molecule has 3 unspecified atom stereocenters. The van der Waals surface area contributed by atoms with Crippen LogP contribution in [0.15, 0.2) is 60.7 Å². The van der Waals surface area contributed by atoms with E-state index in [0.717, 1.165) is 22.3 Å². The normalized spacial score (nSPS) is 19.4. The predicted molar refractivity (Wildman–Crippen MR) is 124 cm³/mol. The second-order valence-corrected chi connectivity index (χ2v) is 8.52. The maximum absolute atomic E-state index is 12.5. The number of rotatable bonds is 8. The first-order chi connectivity index (χ1) is 16.0. The Morgan fingerprint density at radius 1 is 1.03 bits per heavy atom. The summed E-state index contributed by atoms with van der Waals surface area (Å²) < 4.78 is 5.57. The average molecular weight is 449 g/mol. The van der Waals surface area contributed by atoms with Crippen LogP contribution in [0.2, 0.25) is 0 Å². The summed E-state index contributed by atoms with van der Waals surface area (Å²) in [5.74, 6) is -1.73. The lowest BCUT2D eigenvalue weighted by Gasteiger charge is -2.20. The summed E-state index contributed by atoms with van der Waals surface area (Å²) in [4.78, 5) is 35.9. The zero-order chi connectivity index (χ0) is 23.4. The summed E-state index contributed by atoms with van der Waals surface area (Å²) in [6.07, 6.45) is 3.76. The highest BCUT2D eigenvalue weighted by Gasteiger charge is 2.30. The van der Waals surface area contributed by atoms with E-state index in [1.807, 2.05) is 31.2 Å². The van der Waals surface area contributed by atoms with Crippen molar-refractivity contribution >= 4 is 18.0 Å². The highest BCUT2D eigenvalue weighted by Crippen LogP contribution is 2.44. The van der Waals surface area contributed by atoms with E-state index in [1.54, 1.807) is 12.2 Å². The van der Waals surface area contributed by atoms with Crippen molar-refractivity contribution in [2.75, 3.05) is 6.61 Å². The van der Waals surface area contributed by atoms with Gasteiger partial charge < -0.3 is 20.5 Å². The van der Waals surface area contributed by atoms with E-state index >= 15 is 0 Å². The van der Waals surface area contributed by atoms with Crippen LogP contribution in [0.1, 0.15) is 43.2 Å². The third kappa shape index (κ3) is 5.08. The minimum Gasteiger partial charge on any atom is -0.481 e. The Labute approximate surface area is 192 Å². The second-order valence-electron chi connectivity index (χ2n) is 8.52. The van der Waals surface area contributed by atoms with Crippen molar-refractivity contribution in [1.82, 2.24) is 10.6 Å². The van der Waals surface area contributed by atoms with E-state index in [1.165, 1.54) is 0 Å². The van der Waals surface area contributed by atoms with Crippen LogP contribution in [0, 0.1) is 5.92 Å². The van der Waals surface area contributed by atoms with Crippen LogP contribution in [0.3, 0.4) is 0 Å². The molecule has 3 atom stereocenters. The molecule has 2 aliphatic carbocycles. The van der Waals surface area contributed by atoms with Crippen molar-refractivity contribution in [2.24, 2.45) is 5.92 Å². The van der Waals surface area contributed by atoms with Crippen LogP contribution in [0.25, 0.3) is 11.1 Å². The molecule has 0 aromatic heterocycles. The first-order valence-electron chi connectivity index (χ1n) is 11.3. The van der Waals surface area contributed by atoms with Gasteiger partial charge in [-0.1, -0.05) is 67.6 Å². The molecule has 0 bridgehead atoms. The Morgan fingerprint density at radius 3 is 2.24 bits per heavy atom. The third-order valence-electron chi connectivity index (χ3n) is 6.34. The molecule has 172 valence electrons. The maximum Gasteiger partial charge on any atom is 0.407 e. The lowest BCUT2D eigenvalue weighted by Crippen LogP contribution is -2.41. The summed E-state index contributed by atoms with van der Waals surface area (Å²) in [7, 11) is 0. The first kappa shape index (κ1) is 22.6. The van der Waals surface area contributed by atoms with E-state index in [4.69, 9.17) is 9.84 Å². The zero-order valence-electron chi connectivity index (χ0n) is 18.5. The second kappa shape index (κ2) is 9.90. The van der Waals surface area contributed by atoms with Gasteiger partial charge in [0.05, 0.1) is 5.92 Å². The number of carbonyl (C=O) groups excluding carboxylic acids is 2. The molecule has 2 amide bonds.